The molecule has 0 saturated carbocycles. The highest BCUT2D eigenvalue weighted by Crippen LogP contribution is 2.18. The maximum Gasteiger partial charge on any atom is 0.253 e. The summed E-state index contributed by atoms with van der Waals surface area (Å²) in [6, 6.07) is 6.81. The number of amides is 1. The number of carbonyl (C=O) groups excluding carboxylic acids is 1. The van der Waals surface area contributed by atoms with Gasteiger partial charge < -0.3 is 40.1 Å². The van der Waals surface area contributed by atoms with Crippen molar-refractivity contribution in [2.45, 2.75) is 50.1 Å². The van der Waals surface area contributed by atoms with Gasteiger partial charge in [0.05, 0.1) is 6.61 Å². The molecule has 1 aliphatic heterocycles. The maximum atomic E-state index is 13.1. The van der Waals surface area contributed by atoms with Gasteiger partial charge in [0.25, 0.3) is 5.91 Å². The SMILES string of the molecule is CNCCOc1ccc(C(=O)N2CCCCCCO[C@H]([C@H](O)CO)[C@H](O)[C@H](O)C2)cc1. The van der Waals surface area contributed by atoms with Gasteiger partial charge in [-0.05, 0) is 44.2 Å². The molecule has 1 amide bonds. The summed E-state index contributed by atoms with van der Waals surface area (Å²) in [6.45, 7) is 1.28. The van der Waals surface area contributed by atoms with Crippen LogP contribution in [0.4, 0.5) is 0 Å². The second-order valence-corrected chi connectivity index (χ2v) is 7.79. The minimum absolute atomic E-state index is 0.113. The first-order chi connectivity index (χ1) is 15.0. The zero-order chi connectivity index (χ0) is 22.6. The molecule has 1 saturated heterocycles. The Labute approximate surface area is 183 Å². The average molecular weight is 441 g/mol. The zero-order valence-corrected chi connectivity index (χ0v) is 18.2. The Morgan fingerprint density at radius 1 is 1.23 bits per heavy atom. The third-order valence-corrected chi connectivity index (χ3v) is 5.35. The van der Waals surface area contributed by atoms with Gasteiger partial charge in [-0.1, -0.05) is 12.8 Å². The molecule has 1 aromatic rings. The number of carbonyl (C=O) groups is 1. The number of rotatable bonds is 7. The van der Waals surface area contributed by atoms with Crippen molar-refractivity contribution in [3.8, 4) is 5.75 Å². The van der Waals surface area contributed by atoms with E-state index in [9.17, 15) is 25.2 Å². The molecule has 1 aromatic carbocycles. The number of ether oxygens (including phenoxy) is 2. The topological polar surface area (TPSA) is 132 Å². The van der Waals surface area contributed by atoms with Gasteiger partial charge in [0.15, 0.2) is 0 Å². The molecule has 9 heteroatoms. The lowest BCUT2D eigenvalue weighted by Gasteiger charge is -2.33. The molecular weight excluding hydrogens is 404 g/mol. The van der Waals surface area contributed by atoms with Gasteiger partial charge in [0, 0.05) is 31.8 Å². The van der Waals surface area contributed by atoms with Crippen molar-refractivity contribution in [2.24, 2.45) is 0 Å². The molecule has 0 aliphatic carbocycles. The molecule has 9 nitrogen and oxygen atoms in total. The monoisotopic (exact) mass is 440 g/mol. The minimum Gasteiger partial charge on any atom is -0.492 e. The molecule has 0 bridgehead atoms. The molecule has 5 N–H and O–H groups in total. The maximum absolute atomic E-state index is 13.1. The quantitative estimate of drug-likeness (QED) is 0.367. The van der Waals surface area contributed by atoms with Crippen LogP contribution >= 0.6 is 0 Å². The Morgan fingerprint density at radius 3 is 2.61 bits per heavy atom. The average Bonchev–Trinajstić information content (AvgIpc) is 2.78. The fourth-order valence-electron chi connectivity index (χ4n) is 3.49. The summed E-state index contributed by atoms with van der Waals surface area (Å²) in [7, 11) is 1.84. The lowest BCUT2D eigenvalue weighted by atomic mass is 10.0. The first-order valence-corrected chi connectivity index (χ1v) is 10.9. The van der Waals surface area contributed by atoms with E-state index < -0.39 is 31.0 Å². The van der Waals surface area contributed by atoms with Gasteiger partial charge in [-0.2, -0.15) is 0 Å². The molecule has 0 radical (unpaired) electrons. The summed E-state index contributed by atoms with van der Waals surface area (Å²) in [4.78, 5) is 14.6. The van der Waals surface area contributed by atoms with Crippen LogP contribution in [0.2, 0.25) is 0 Å². The molecule has 2 rings (SSSR count). The summed E-state index contributed by atoms with van der Waals surface area (Å²) >= 11 is 0. The van der Waals surface area contributed by atoms with E-state index in [0.717, 1.165) is 25.7 Å². The van der Waals surface area contributed by atoms with Crippen LogP contribution in [0, 0.1) is 0 Å². The minimum atomic E-state index is -1.44. The molecule has 4 atom stereocenters. The van der Waals surface area contributed by atoms with Crippen molar-refractivity contribution >= 4 is 5.91 Å². The van der Waals surface area contributed by atoms with E-state index >= 15 is 0 Å². The van der Waals surface area contributed by atoms with E-state index in [2.05, 4.69) is 5.32 Å². The summed E-state index contributed by atoms with van der Waals surface area (Å²) in [5, 5.41) is 43.3. The van der Waals surface area contributed by atoms with Crippen LogP contribution in [0.5, 0.6) is 5.75 Å². The summed E-state index contributed by atoms with van der Waals surface area (Å²) in [6.07, 6.45) is -1.99. The molecule has 176 valence electrons. The third kappa shape index (κ3) is 8.03. The molecule has 0 spiro atoms. The van der Waals surface area contributed by atoms with Gasteiger partial charge in [0.1, 0.15) is 36.8 Å². The Morgan fingerprint density at radius 2 is 1.94 bits per heavy atom. The number of nitrogens with one attached hydrogen (secondary N) is 1. The number of benzene rings is 1. The largest absolute Gasteiger partial charge is 0.492 e. The van der Waals surface area contributed by atoms with Gasteiger partial charge >= 0.3 is 0 Å². The highest BCUT2D eigenvalue weighted by atomic mass is 16.5. The van der Waals surface area contributed by atoms with Crippen molar-refractivity contribution in [1.29, 1.82) is 0 Å². The summed E-state index contributed by atoms with van der Waals surface area (Å²) in [5.74, 6) is 0.402. The van der Waals surface area contributed by atoms with Crippen molar-refractivity contribution in [2.75, 3.05) is 46.5 Å². The van der Waals surface area contributed by atoms with Crippen LogP contribution in [0.1, 0.15) is 36.0 Å². The number of hydrogen-bond acceptors (Lipinski definition) is 8. The van der Waals surface area contributed by atoms with Gasteiger partial charge in [-0.25, -0.2) is 0 Å². The third-order valence-electron chi connectivity index (χ3n) is 5.35. The van der Waals surface area contributed by atoms with Crippen LogP contribution in [0.25, 0.3) is 0 Å². The summed E-state index contributed by atoms with van der Waals surface area (Å²) in [5.41, 5.74) is 0.456. The van der Waals surface area contributed by atoms with Crippen LogP contribution in [0.15, 0.2) is 24.3 Å². The van der Waals surface area contributed by atoms with E-state index in [1.807, 2.05) is 7.05 Å². The van der Waals surface area contributed by atoms with E-state index in [0.29, 0.717) is 37.6 Å². The highest BCUT2D eigenvalue weighted by molar-refractivity contribution is 5.94. The van der Waals surface area contributed by atoms with Gasteiger partial charge in [-0.15, -0.1) is 0 Å². The normalized spacial score (nSPS) is 24.7. The van der Waals surface area contributed by atoms with Crippen LogP contribution < -0.4 is 10.1 Å². The van der Waals surface area contributed by atoms with Gasteiger partial charge in [-0.3, -0.25) is 4.79 Å². The number of hydrogen-bond donors (Lipinski definition) is 5. The number of likely N-dealkylation sites (N-methyl/N-ethyl adjacent to an activating group) is 1. The molecular formula is C22H36N2O7. The highest BCUT2D eigenvalue weighted by Gasteiger charge is 2.34. The fraction of sp³-hybridized carbons (Fsp3) is 0.682. The second kappa shape index (κ2) is 13.6. The number of aliphatic hydroxyl groups excluding tert-OH is 4. The van der Waals surface area contributed by atoms with Gasteiger partial charge in [0.2, 0.25) is 0 Å². The molecule has 1 heterocycles. The van der Waals surface area contributed by atoms with E-state index in [-0.39, 0.29) is 12.5 Å². The molecule has 0 unspecified atom stereocenters. The zero-order valence-electron chi connectivity index (χ0n) is 18.2. The molecule has 31 heavy (non-hydrogen) atoms. The van der Waals surface area contributed by atoms with Crippen molar-refractivity contribution < 1.29 is 34.7 Å². The smallest absolute Gasteiger partial charge is 0.253 e. The number of nitrogens with zero attached hydrogens (tertiary/aromatic N) is 1. The fourth-order valence-corrected chi connectivity index (χ4v) is 3.49. The Hall–Kier alpha value is -1.75. The number of β-amino-alcohol motifs (C(OH)–C–C–N with tert-alkyl or cyclic N) is 1. The lowest BCUT2D eigenvalue weighted by Crippen LogP contribution is -2.52. The van der Waals surface area contributed by atoms with Crippen LogP contribution in [-0.4, -0.2) is 102 Å². The first-order valence-electron chi connectivity index (χ1n) is 10.9. The van der Waals surface area contributed by atoms with E-state index in [1.54, 1.807) is 24.3 Å². The van der Waals surface area contributed by atoms with Crippen molar-refractivity contribution in [3.63, 3.8) is 0 Å². The van der Waals surface area contributed by atoms with E-state index in [4.69, 9.17) is 9.47 Å². The molecule has 1 aliphatic rings. The van der Waals surface area contributed by atoms with Crippen molar-refractivity contribution in [1.82, 2.24) is 10.2 Å². The lowest BCUT2D eigenvalue weighted by molar-refractivity contribution is -0.145. The van der Waals surface area contributed by atoms with E-state index in [1.165, 1.54) is 4.90 Å². The molecule has 0 aromatic heterocycles. The van der Waals surface area contributed by atoms with Crippen LogP contribution in [0.3, 0.4) is 0 Å². The second-order valence-electron chi connectivity index (χ2n) is 7.79. The first kappa shape index (κ1) is 25.5. The predicted octanol–water partition coefficient (Wildman–Crippen LogP) is -0.239. The summed E-state index contributed by atoms with van der Waals surface area (Å²) < 4.78 is 11.1. The van der Waals surface area contributed by atoms with Crippen LogP contribution in [-0.2, 0) is 4.74 Å². The number of aliphatic hydroxyl groups is 4. The van der Waals surface area contributed by atoms with Crippen molar-refractivity contribution in [3.05, 3.63) is 29.8 Å². The standard InChI is InChI=1S/C22H36N2O7/c1-23-10-13-30-17-8-6-16(7-9-17)22(29)24-11-4-2-3-5-12-31-21(19(27)15-25)20(28)18(26)14-24/h6-9,18-21,23,25-28H,2-5,10-15H2,1H3/t18-,19-,20-,21-/m1/s1. The Balaban J connectivity index is 2.10. The Bertz CT molecular complexity index is 643. The predicted molar refractivity (Wildman–Crippen MR) is 115 cm³/mol. The molecule has 1 fully saturated rings. The Kier molecular flexibility index (Phi) is 11.2.